The Morgan fingerprint density at radius 3 is 2.64 bits per heavy atom. The topological polar surface area (TPSA) is 76.4 Å². The lowest BCUT2D eigenvalue weighted by Gasteiger charge is -2.44. The molecule has 25 heavy (non-hydrogen) atoms. The predicted octanol–water partition coefficient (Wildman–Crippen LogP) is 1.06. The maximum absolute atomic E-state index is 12.7. The van der Waals surface area contributed by atoms with Gasteiger partial charge in [-0.1, -0.05) is 0 Å². The van der Waals surface area contributed by atoms with Gasteiger partial charge in [0.2, 0.25) is 5.88 Å². The largest absolute Gasteiger partial charge is 0.479 e. The fraction of sp³-hybridized carbons (Fsp3) is 0.529. The maximum atomic E-state index is 12.7. The number of likely N-dealkylation sites (N-methyl/N-ethyl adjacent to an activating group) is 1. The van der Waals surface area contributed by atoms with Crippen molar-refractivity contribution in [3.8, 4) is 5.88 Å². The van der Waals surface area contributed by atoms with Crippen LogP contribution in [-0.2, 0) is 7.05 Å². The molecule has 2 aliphatic rings. The van der Waals surface area contributed by atoms with Crippen molar-refractivity contribution in [2.75, 3.05) is 32.1 Å². The van der Waals surface area contributed by atoms with Crippen LogP contribution in [0.1, 0.15) is 34.8 Å². The number of aryl methyl sites for hydroxylation is 1. The van der Waals surface area contributed by atoms with Crippen molar-refractivity contribution < 1.29 is 9.53 Å². The number of rotatable bonds is 5. The number of anilines is 1. The summed E-state index contributed by atoms with van der Waals surface area (Å²) >= 11 is 0. The third-order valence-corrected chi connectivity index (χ3v) is 4.94. The van der Waals surface area contributed by atoms with E-state index in [2.05, 4.69) is 26.3 Å². The van der Waals surface area contributed by atoms with Crippen LogP contribution in [0.5, 0.6) is 5.88 Å². The Morgan fingerprint density at radius 1 is 1.28 bits per heavy atom. The van der Waals surface area contributed by atoms with Gasteiger partial charge in [0.1, 0.15) is 5.56 Å². The molecule has 1 aliphatic carbocycles. The lowest BCUT2D eigenvalue weighted by molar-refractivity contribution is 0.0701. The van der Waals surface area contributed by atoms with Crippen LogP contribution in [0.15, 0.2) is 18.3 Å². The first-order chi connectivity index (χ1) is 12.1. The van der Waals surface area contributed by atoms with Crippen LogP contribution in [0.3, 0.4) is 0 Å². The first-order valence-electron chi connectivity index (χ1n) is 8.50. The number of hydrogen-bond donors (Lipinski definition) is 0. The molecule has 0 N–H and O–H groups in total. The molecule has 8 nitrogen and oxygen atoms in total. The van der Waals surface area contributed by atoms with E-state index in [4.69, 9.17) is 4.74 Å². The molecule has 2 aromatic rings. The third kappa shape index (κ3) is 2.92. The minimum absolute atomic E-state index is 0.0789. The molecule has 8 heteroatoms. The molecule has 0 bridgehead atoms. The molecular weight excluding hydrogens is 320 g/mol. The Kier molecular flexibility index (Phi) is 3.82. The second-order valence-electron chi connectivity index (χ2n) is 6.79. The Labute approximate surface area is 146 Å². The summed E-state index contributed by atoms with van der Waals surface area (Å²) in [5.74, 6) is 1.77. The molecule has 0 atom stereocenters. The van der Waals surface area contributed by atoms with Gasteiger partial charge in [0, 0.05) is 39.3 Å². The van der Waals surface area contributed by atoms with Gasteiger partial charge >= 0.3 is 0 Å². The molecule has 0 radical (unpaired) electrons. The first kappa shape index (κ1) is 15.9. The Hall–Kier alpha value is -2.64. The molecule has 1 aliphatic heterocycles. The van der Waals surface area contributed by atoms with Gasteiger partial charge < -0.3 is 14.5 Å². The van der Waals surface area contributed by atoms with E-state index in [-0.39, 0.29) is 11.9 Å². The number of ether oxygens (including phenoxy) is 1. The van der Waals surface area contributed by atoms with Crippen LogP contribution >= 0.6 is 0 Å². The van der Waals surface area contributed by atoms with Crippen LogP contribution in [0.4, 0.5) is 5.82 Å². The number of methoxy groups -OCH3 is 1. The number of aromatic nitrogens is 4. The summed E-state index contributed by atoms with van der Waals surface area (Å²) in [6, 6.07) is 4.24. The molecule has 1 saturated carbocycles. The predicted molar refractivity (Wildman–Crippen MR) is 91.9 cm³/mol. The van der Waals surface area contributed by atoms with Crippen LogP contribution < -0.4 is 9.64 Å². The summed E-state index contributed by atoms with van der Waals surface area (Å²) in [5.41, 5.74) is 1.58. The quantitative estimate of drug-likeness (QED) is 0.809. The van der Waals surface area contributed by atoms with Gasteiger partial charge in [-0.3, -0.25) is 9.48 Å². The highest BCUT2D eigenvalue weighted by Gasteiger charge is 2.35. The first-order valence-corrected chi connectivity index (χ1v) is 8.50. The maximum Gasteiger partial charge on any atom is 0.261 e. The molecule has 3 heterocycles. The Balaban J connectivity index is 1.38. The second-order valence-corrected chi connectivity index (χ2v) is 6.79. The van der Waals surface area contributed by atoms with E-state index in [0.717, 1.165) is 24.6 Å². The molecule has 132 valence electrons. The standard InChI is InChI=1S/C17H22N6O2/c1-21-10-13(16(20-21)25-3)17(24)22(2)12-8-23(9-12)15-7-6-14(18-19-15)11-4-5-11/h6-7,10-12H,4-5,8-9H2,1-3H3. The highest BCUT2D eigenvalue weighted by Crippen LogP contribution is 2.38. The monoisotopic (exact) mass is 342 g/mol. The number of amides is 1. The smallest absolute Gasteiger partial charge is 0.261 e. The van der Waals surface area contributed by atoms with E-state index in [1.807, 2.05) is 13.1 Å². The zero-order valence-corrected chi connectivity index (χ0v) is 14.7. The summed E-state index contributed by atoms with van der Waals surface area (Å²) in [7, 11) is 5.11. The molecule has 1 saturated heterocycles. The van der Waals surface area contributed by atoms with Crippen molar-refractivity contribution in [3.63, 3.8) is 0 Å². The van der Waals surface area contributed by atoms with Crippen molar-refractivity contribution in [2.45, 2.75) is 24.8 Å². The van der Waals surface area contributed by atoms with E-state index in [1.54, 1.807) is 22.8 Å². The second kappa shape index (κ2) is 6.02. The number of carbonyl (C=O) groups is 1. The zero-order valence-electron chi connectivity index (χ0n) is 14.7. The highest BCUT2D eigenvalue weighted by atomic mass is 16.5. The lowest BCUT2D eigenvalue weighted by atomic mass is 10.1. The van der Waals surface area contributed by atoms with E-state index < -0.39 is 0 Å². The fourth-order valence-electron chi connectivity index (χ4n) is 3.11. The van der Waals surface area contributed by atoms with Gasteiger partial charge in [0.05, 0.1) is 18.8 Å². The molecule has 2 fully saturated rings. The number of carbonyl (C=O) groups excluding carboxylic acids is 1. The molecule has 0 aromatic carbocycles. The number of nitrogens with zero attached hydrogens (tertiary/aromatic N) is 6. The average molecular weight is 342 g/mol. The van der Waals surface area contributed by atoms with E-state index in [1.165, 1.54) is 20.0 Å². The van der Waals surface area contributed by atoms with E-state index in [0.29, 0.717) is 17.4 Å². The van der Waals surface area contributed by atoms with Crippen molar-refractivity contribution in [3.05, 3.63) is 29.6 Å². The van der Waals surface area contributed by atoms with Gasteiger partial charge in [-0.2, -0.15) is 5.10 Å². The molecule has 4 rings (SSSR count). The van der Waals surface area contributed by atoms with E-state index >= 15 is 0 Å². The third-order valence-electron chi connectivity index (χ3n) is 4.94. The van der Waals surface area contributed by atoms with Gasteiger partial charge in [-0.15, -0.1) is 10.2 Å². The van der Waals surface area contributed by atoms with Gasteiger partial charge in [-0.05, 0) is 25.0 Å². The molecule has 2 aromatic heterocycles. The summed E-state index contributed by atoms with van der Waals surface area (Å²) in [5, 5.41) is 12.8. The van der Waals surface area contributed by atoms with Crippen LogP contribution in [0.2, 0.25) is 0 Å². The molecule has 1 amide bonds. The van der Waals surface area contributed by atoms with Crippen molar-refractivity contribution in [1.82, 2.24) is 24.9 Å². The van der Waals surface area contributed by atoms with Crippen LogP contribution in [0.25, 0.3) is 0 Å². The zero-order chi connectivity index (χ0) is 17.6. The highest BCUT2D eigenvalue weighted by molar-refractivity contribution is 5.96. The lowest BCUT2D eigenvalue weighted by Crippen LogP contribution is -2.60. The summed E-state index contributed by atoms with van der Waals surface area (Å²) in [4.78, 5) is 16.6. The summed E-state index contributed by atoms with van der Waals surface area (Å²) in [6.07, 6.45) is 4.14. The van der Waals surface area contributed by atoms with Gasteiger partial charge in [0.25, 0.3) is 5.91 Å². The summed E-state index contributed by atoms with van der Waals surface area (Å²) in [6.45, 7) is 1.50. The number of hydrogen-bond acceptors (Lipinski definition) is 6. The van der Waals surface area contributed by atoms with Crippen LogP contribution in [-0.4, -0.2) is 64.1 Å². The normalized spacial score (nSPS) is 17.3. The van der Waals surface area contributed by atoms with Gasteiger partial charge in [-0.25, -0.2) is 0 Å². The summed E-state index contributed by atoms with van der Waals surface area (Å²) < 4.78 is 6.77. The SMILES string of the molecule is COc1nn(C)cc1C(=O)N(C)C1CN(c2ccc(C3CC3)nn2)C1. The van der Waals surface area contributed by atoms with Crippen molar-refractivity contribution >= 4 is 11.7 Å². The molecule has 0 spiro atoms. The van der Waals surface area contributed by atoms with Crippen molar-refractivity contribution in [2.24, 2.45) is 7.05 Å². The minimum atomic E-state index is -0.0789. The molecular formula is C17H22N6O2. The fourth-order valence-corrected chi connectivity index (χ4v) is 3.11. The van der Waals surface area contributed by atoms with Gasteiger partial charge in [0.15, 0.2) is 5.82 Å². The molecule has 0 unspecified atom stereocenters. The average Bonchev–Trinajstić information content (AvgIpc) is 3.35. The van der Waals surface area contributed by atoms with Crippen LogP contribution in [0, 0.1) is 0 Å². The Morgan fingerprint density at radius 2 is 2.04 bits per heavy atom. The minimum Gasteiger partial charge on any atom is -0.479 e. The van der Waals surface area contributed by atoms with Crippen molar-refractivity contribution in [1.29, 1.82) is 0 Å². The Bertz CT molecular complexity index is 777. The van der Waals surface area contributed by atoms with E-state index in [9.17, 15) is 4.79 Å².